The highest BCUT2D eigenvalue weighted by Gasteiger charge is 2.25. The average molecular weight is 298 g/mol. The summed E-state index contributed by atoms with van der Waals surface area (Å²) < 4.78 is 5.19. The van der Waals surface area contributed by atoms with Crippen molar-refractivity contribution in [2.24, 2.45) is 5.73 Å². The summed E-state index contributed by atoms with van der Waals surface area (Å²) in [6.45, 7) is 6.73. The van der Waals surface area contributed by atoms with Crippen molar-refractivity contribution in [2.45, 2.75) is 39.0 Å². The van der Waals surface area contributed by atoms with Crippen molar-refractivity contribution in [1.82, 2.24) is 9.88 Å². The number of aromatic nitrogens is 1. The second-order valence-electron chi connectivity index (χ2n) is 5.31. The van der Waals surface area contributed by atoms with Crippen LogP contribution in [0.1, 0.15) is 30.3 Å². The van der Waals surface area contributed by atoms with Gasteiger partial charge in [0.1, 0.15) is 0 Å². The first-order valence-electron chi connectivity index (χ1n) is 7.32. The van der Waals surface area contributed by atoms with E-state index in [1.165, 1.54) is 19.4 Å². The Bertz CT molecular complexity index is 423. The van der Waals surface area contributed by atoms with Crippen LogP contribution in [0.3, 0.4) is 0 Å². The maximum absolute atomic E-state index is 5.79. The Kier molecular flexibility index (Phi) is 5.77. The molecule has 1 aromatic rings. The van der Waals surface area contributed by atoms with E-state index in [9.17, 15) is 0 Å². The van der Waals surface area contributed by atoms with Crippen LogP contribution in [-0.4, -0.2) is 49.7 Å². The summed E-state index contributed by atoms with van der Waals surface area (Å²) in [6.07, 6.45) is 2.60. The van der Waals surface area contributed by atoms with Gasteiger partial charge in [-0.05, 0) is 25.9 Å². The summed E-state index contributed by atoms with van der Waals surface area (Å²) >= 11 is 1.69. The third-order valence-electron chi connectivity index (χ3n) is 3.95. The quantitative estimate of drug-likeness (QED) is 0.830. The number of nitrogens with two attached hydrogens (primary N) is 1. The number of nitrogens with zero attached hydrogens (tertiary/aromatic N) is 3. The lowest BCUT2D eigenvalue weighted by molar-refractivity contribution is 0.181. The van der Waals surface area contributed by atoms with Gasteiger partial charge in [0, 0.05) is 38.2 Å². The predicted octanol–water partition coefficient (Wildman–Crippen LogP) is 1.67. The van der Waals surface area contributed by atoms with Crippen LogP contribution in [0.4, 0.5) is 5.13 Å². The molecule has 114 valence electrons. The number of thiazole rings is 1. The third-order valence-corrected chi connectivity index (χ3v) is 5.18. The van der Waals surface area contributed by atoms with Crippen LogP contribution in [0, 0.1) is 0 Å². The largest absolute Gasteiger partial charge is 0.378 e. The third kappa shape index (κ3) is 3.49. The second-order valence-corrected chi connectivity index (χ2v) is 6.37. The molecule has 1 atom stereocenters. The van der Waals surface area contributed by atoms with Gasteiger partial charge in [-0.2, -0.15) is 0 Å². The molecule has 20 heavy (non-hydrogen) atoms. The van der Waals surface area contributed by atoms with E-state index in [1.54, 1.807) is 18.4 Å². The molecule has 1 unspecified atom stereocenters. The van der Waals surface area contributed by atoms with Crippen molar-refractivity contribution < 1.29 is 4.74 Å². The Morgan fingerprint density at radius 1 is 1.55 bits per heavy atom. The number of hydrogen-bond acceptors (Lipinski definition) is 6. The number of rotatable bonds is 7. The highest BCUT2D eigenvalue weighted by molar-refractivity contribution is 7.15. The molecule has 1 aromatic heterocycles. The van der Waals surface area contributed by atoms with Gasteiger partial charge >= 0.3 is 0 Å². The van der Waals surface area contributed by atoms with Crippen LogP contribution >= 0.6 is 11.3 Å². The topological polar surface area (TPSA) is 54.6 Å². The Balaban J connectivity index is 2.03. The van der Waals surface area contributed by atoms with E-state index in [0.717, 1.165) is 28.8 Å². The van der Waals surface area contributed by atoms with E-state index in [2.05, 4.69) is 28.8 Å². The van der Waals surface area contributed by atoms with Crippen molar-refractivity contribution in [1.29, 1.82) is 0 Å². The molecule has 0 amide bonds. The number of anilines is 1. The first-order valence-corrected chi connectivity index (χ1v) is 8.14. The van der Waals surface area contributed by atoms with E-state index in [0.29, 0.717) is 19.2 Å². The van der Waals surface area contributed by atoms with Gasteiger partial charge in [-0.25, -0.2) is 4.98 Å². The zero-order valence-electron chi connectivity index (χ0n) is 12.8. The fourth-order valence-corrected chi connectivity index (χ4v) is 3.77. The van der Waals surface area contributed by atoms with E-state index < -0.39 is 0 Å². The number of likely N-dealkylation sites (tertiary alicyclic amines) is 1. The molecule has 2 rings (SSSR count). The molecule has 0 bridgehead atoms. The summed E-state index contributed by atoms with van der Waals surface area (Å²) in [7, 11) is 3.82. The number of ether oxygens (including phenoxy) is 1. The van der Waals surface area contributed by atoms with Gasteiger partial charge in [0.2, 0.25) is 0 Å². The molecular weight excluding hydrogens is 272 g/mol. The van der Waals surface area contributed by atoms with Crippen LogP contribution in [0.5, 0.6) is 0 Å². The van der Waals surface area contributed by atoms with Crippen molar-refractivity contribution in [2.75, 3.05) is 38.7 Å². The molecule has 1 aliphatic heterocycles. The minimum absolute atomic E-state index is 0.536. The lowest BCUT2D eigenvalue weighted by atomic mass is 10.2. The summed E-state index contributed by atoms with van der Waals surface area (Å²) in [4.78, 5) is 10.6. The van der Waals surface area contributed by atoms with Gasteiger partial charge in [0.25, 0.3) is 0 Å². The molecule has 0 saturated carbocycles. The summed E-state index contributed by atoms with van der Waals surface area (Å²) in [5.74, 6) is 0. The van der Waals surface area contributed by atoms with E-state index in [-0.39, 0.29) is 0 Å². The SMILES string of the molecule is CCN1CCCC1CN(C)c1nc(COC)c(CN)s1. The number of hydrogen-bond donors (Lipinski definition) is 1. The lowest BCUT2D eigenvalue weighted by Gasteiger charge is -2.27. The number of methoxy groups -OCH3 is 1. The number of likely N-dealkylation sites (N-methyl/N-ethyl adjacent to an activating group) is 2. The normalized spacial score (nSPS) is 19.7. The minimum atomic E-state index is 0.536. The smallest absolute Gasteiger partial charge is 0.185 e. The zero-order valence-corrected chi connectivity index (χ0v) is 13.6. The molecule has 1 aliphatic rings. The van der Waals surface area contributed by atoms with Crippen molar-refractivity contribution in [3.63, 3.8) is 0 Å². The highest BCUT2D eigenvalue weighted by Crippen LogP contribution is 2.27. The maximum atomic E-state index is 5.79. The van der Waals surface area contributed by atoms with Crippen LogP contribution in [0.2, 0.25) is 0 Å². The van der Waals surface area contributed by atoms with Gasteiger partial charge in [0.05, 0.1) is 12.3 Å². The van der Waals surface area contributed by atoms with Gasteiger partial charge in [-0.1, -0.05) is 6.92 Å². The molecule has 0 spiro atoms. The van der Waals surface area contributed by atoms with Crippen molar-refractivity contribution in [3.05, 3.63) is 10.6 Å². The summed E-state index contributed by atoms with van der Waals surface area (Å²) in [5.41, 5.74) is 6.78. The monoisotopic (exact) mass is 298 g/mol. The Labute approximate surface area is 125 Å². The van der Waals surface area contributed by atoms with Crippen LogP contribution in [0.25, 0.3) is 0 Å². The fraction of sp³-hybridized carbons (Fsp3) is 0.786. The molecular formula is C14H26N4OS. The van der Waals surface area contributed by atoms with Gasteiger partial charge in [-0.3, -0.25) is 4.90 Å². The molecule has 0 radical (unpaired) electrons. The molecule has 1 saturated heterocycles. The molecule has 5 nitrogen and oxygen atoms in total. The molecule has 0 aliphatic carbocycles. The van der Waals surface area contributed by atoms with Crippen LogP contribution in [0.15, 0.2) is 0 Å². The predicted molar refractivity (Wildman–Crippen MR) is 84.3 cm³/mol. The van der Waals surface area contributed by atoms with Crippen molar-refractivity contribution in [3.8, 4) is 0 Å². The molecule has 2 N–H and O–H groups in total. The molecule has 1 fully saturated rings. The molecule has 2 heterocycles. The standard InChI is InChI=1S/C14H26N4OS/c1-4-18-7-5-6-11(18)9-17(2)14-16-12(10-19-3)13(8-15)20-14/h11H,4-10,15H2,1-3H3. The zero-order chi connectivity index (χ0) is 14.5. The Morgan fingerprint density at radius 2 is 2.35 bits per heavy atom. The maximum Gasteiger partial charge on any atom is 0.185 e. The van der Waals surface area contributed by atoms with E-state index in [1.807, 2.05) is 0 Å². The van der Waals surface area contributed by atoms with Gasteiger partial charge in [-0.15, -0.1) is 11.3 Å². The minimum Gasteiger partial charge on any atom is -0.378 e. The summed E-state index contributed by atoms with van der Waals surface area (Å²) in [5, 5.41) is 1.06. The van der Waals surface area contributed by atoms with Gasteiger partial charge in [0.15, 0.2) is 5.13 Å². The Morgan fingerprint density at radius 3 is 3.00 bits per heavy atom. The average Bonchev–Trinajstić information content (AvgIpc) is 3.05. The highest BCUT2D eigenvalue weighted by atomic mass is 32.1. The first-order chi connectivity index (χ1) is 9.69. The van der Waals surface area contributed by atoms with E-state index in [4.69, 9.17) is 10.5 Å². The molecule has 6 heteroatoms. The van der Waals surface area contributed by atoms with Crippen LogP contribution in [-0.2, 0) is 17.9 Å². The van der Waals surface area contributed by atoms with Crippen molar-refractivity contribution >= 4 is 16.5 Å². The van der Waals surface area contributed by atoms with E-state index >= 15 is 0 Å². The van der Waals surface area contributed by atoms with Crippen LogP contribution < -0.4 is 10.6 Å². The Hall–Kier alpha value is -0.690. The second kappa shape index (κ2) is 7.36. The fourth-order valence-electron chi connectivity index (χ4n) is 2.85. The summed E-state index contributed by atoms with van der Waals surface area (Å²) in [6, 6.07) is 0.654. The first kappa shape index (κ1) is 15.7. The lowest BCUT2D eigenvalue weighted by Crippen LogP contribution is -2.38. The van der Waals surface area contributed by atoms with Gasteiger partial charge < -0.3 is 15.4 Å². The molecule has 0 aromatic carbocycles.